The molecule has 1 unspecified atom stereocenters. The Kier molecular flexibility index (Phi) is 42.0. The van der Waals surface area contributed by atoms with E-state index in [1.54, 1.807) is 0 Å². The lowest BCUT2D eigenvalue weighted by atomic mass is 10.1. The van der Waals surface area contributed by atoms with Gasteiger partial charge in [-0.05, 0) is 57.8 Å². The summed E-state index contributed by atoms with van der Waals surface area (Å²) in [6.07, 6.45) is 50.9. The molecule has 0 aromatic heterocycles. The van der Waals surface area contributed by atoms with Crippen molar-refractivity contribution in [2.24, 2.45) is 0 Å². The molecule has 0 rings (SSSR count). The SMILES string of the molecule is CC/C=C\C/C=C\C/C=C\C/C=C\CCCCCC(=O)OCC(COC(=O)CCCCCCCCCCCC)OC(=O)CCCCCCCCCCCCC. The highest BCUT2D eigenvalue weighted by Gasteiger charge is 2.19. The summed E-state index contributed by atoms with van der Waals surface area (Å²) in [6, 6.07) is 0. The summed E-state index contributed by atoms with van der Waals surface area (Å²) in [5, 5.41) is 0. The van der Waals surface area contributed by atoms with Gasteiger partial charge in [-0.15, -0.1) is 0 Å². The Morgan fingerprint density at radius 1 is 0.382 bits per heavy atom. The standard InChI is InChI=1S/C49H86O6/c1-4-7-10-13-16-19-22-23-24-25-26-28-30-33-36-39-42-48(51)54-45-46(44-53-47(50)41-38-35-32-29-21-18-15-12-9-6-3)55-49(52)43-40-37-34-31-27-20-17-14-11-8-5-2/h7,10,16,19,23-24,26,28,46H,4-6,8-9,11-15,17-18,20-22,25,27,29-45H2,1-3H3/b10-7-,19-16-,24-23-,28-26-. The van der Waals surface area contributed by atoms with Gasteiger partial charge in [-0.25, -0.2) is 0 Å². The van der Waals surface area contributed by atoms with E-state index in [2.05, 4.69) is 69.4 Å². The van der Waals surface area contributed by atoms with Crippen molar-refractivity contribution in [2.75, 3.05) is 13.2 Å². The monoisotopic (exact) mass is 771 g/mol. The predicted molar refractivity (Wildman–Crippen MR) is 233 cm³/mol. The first-order valence-corrected chi connectivity index (χ1v) is 23.1. The summed E-state index contributed by atoms with van der Waals surface area (Å²) < 4.78 is 16.7. The lowest BCUT2D eigenvalue weighted by Gasteiger charge is -2.18. The second-order valence-electron chi connectivity index (χ2n) is 15.3. The Hall–Kier alpha value is -2.63. The minimum atomic E-state index is -0.779. The minimum absolute atomic E-state index is 0.0806. The van der Waals surface area contributed by atoms with Gasteiger partial charge in [-0.2, -0.15) is 0 Å². The molecule has 0 aromatic carbocycles. The fraction of sp³-hybridized carbons (Fsp3) is 0.776. The van der Waals surface area contributed by atoms with Crippen LogP contribution in [0.15, 0.2) is 48.6 Å². The van der Waals surface area contributed by atoms with Gasteiger partial charge >= 0.3 is 17.9 Å². The molecule has 0 spiro atoms. The van der Waals surface area contributed by atoms with Gasteiger partial charge in [-0.3, -0.25) is 14.4 Å². The first-order valence-electron chi connectivity index (χ1n) is 23.1. The van der Waals surface area contributed by atoms with E-state index in [-0.39, 0.29) is 31.1 Å². The molecule has 0 N–H and O–H groups in total. The number of rotatable bonds is 41. The molecule has 6 heteroatoms. The Balaban J connectivity index is 4.40. The Morgan fingerprint density at radius 3 is 1.11 bits per heavy atom. The fourth-order valence-electron chi connectivity index (χ4n) is 6.37. The van der Waals surface area contributed by atoms with Crippen molar-refractivity contribution in [2.45, 2.75) is 232 Å². The molecule has 6 nitrogen and oxygen atoms in total. The maximum atomic E-state index is 12.7. The lowest BCUT2D eigenvalue weighted by molar-refractivity contribution is -0.167. The lowest BCUT2D eigenvalue weighted by Crippen LogP contribution is -2.30. The van der Waals surface area contributed by atoms with Crippen LogP contribution in [0.4, 0.5) is 0 Å². The number of esters is 3. The van der Waals surface area contributed by atoms with E-state index in [1.807, 2.05) is 0 Å². The van der Waals surface area contributed by atoms with Crippen LogP contribution < -0.4 is 0 Å². The highest BCUT2D eigenvalue weighted by molar-refractivity contribution is 5.71. The molecule has 0 saturated heterocycles. The van der Waals surface area contributed by atoms with Crippen molar-refractivity contribution in [3.63, 3.8) is 0 Å². The van der Waals surface area contributed by atoms with Crippen LogP contribution in [0.2, 0.25) is 0 Å². The van der Waals surface area contributed by atoms with E-state index in [0.717, 1.165) is 89.9 Å². The normalized spacial score (nSPS) is 12.4. The zero-order valence-corrected chi connectivity index (χ0v) is 36.2. The molecule has 0 amide bonds. The van der Waals surface area contributed by atoms with Crippen LogP contribution in [0.5, 0.6) is 0 Å². The van der Waals surface area contributed by atoms with Gasteiger partial charge in [0.2, 0.25) is 0 Å². The fourth-order valence-corrected chi connectivity index (χ4v) is 6.37. The molecule has 1 atom stereocenters. The van der Waals surface area contributed by atoms with E-state index in [4.69, 9.17) is 14.2 Å². The Morgan fingerprint density at radius 2 is 0.709 bits per heavy atom. The average molecular weight is 771 g/mol. The zero-order valence-electron chi connectivity index (χ0n) is 36.2. The third-order valence-electron chi connectivity index (χ3n) is 9.85. The number of allylic oxidation sites excluding steroid dienone is 8. The Labute approximate surface area is 339 Å². The van der Waals surface area contributed by atoms with Crippen molar-refractivity contribution in [3.8, 4) is 0 Å². The first-order chi connectivity index (χ1) is 27.0. The zero-order chi connectivity index (χ0) is 40.1. The summed E-state index contributed by atoms with van der Waals surface area (Å²) in [6.45, 7) is 6.47. The molecule has 0 aliphatic heterocycles. The number of hydrogen-bond acceptors (Lipinski definition) is 6. The van der Waals surface area contributed by atoms with Gasteiger partial charge < -0.3 is 14.2 Å². The highest BCUT2D eigenvalue weighted by Crippen LogP contribution is 2.14. The van der Waals surface area contributed by atoms with Crippen molar-refractivity contribution < 1.29 is 28.6 Å². The van der Waals surface area contributed by atoms with Gasteiger partial charge in [0.1, 0.15) is 13.2 Å². The summed E-state index contributed by atoms with van der Waals surface area (Å²) in [5.41, 5.74) is 0. The molecule has 55 heavy (non-hydrogen) atoms. The minimum Gasteiger partial charge on any atom is -0.462 e. The number of unbranched alkanes of at least 4 members (excludes halogenated alkanes) is 22. The summed E-state index contributed by atoms with van der Waals surface area (Å²) in [5.74, 6) is -0.914. The largest absolute Gasteiger partial charge is 0.462 e. The topological polar surface area (TPSA) is 78.9 Å². The number of carbonyl (C=O) groups is 3. The van der Waals surface area contributed by atoms with Crippen LogP contribution in [0.1, 0.15) is 226 Å². The third kappa shape index (κ3) is 42.4. The maximum absolute atomic E-state index is 12.7. The van der Waals surface area contributed by atoms with Gasteiger partial charge in [0.25, 0.3) is 0 Å². The molecule has 318 valence electrons. The molecule has 0 aromatic rings. The van der Waals surface area contributed by atoms with Crippen molar-refractivity contribution in [1.29, 1.82) is 0 Å². The van der Waals surface area contributed by atoms with E-state index in [1.165, 1.54) is 96.3 Å². The molecule has 0 radical (unpaired) electrons. The van der Waals surface area contributed by atoms with Gasteiger partial charge in [0, 0.05) is 19.3 Å². The predicted octanol–water partition coefficient (Wildman–Crippen LogP) is 14.8. The molecule has 0 bridgehead atoms. The summed E-state index contributed by atoms with van der Waals surface area (Å²) in [4.78, 5) is 37.7. The van der Waals surface area contributed by atoms with E-state index in [9.17, 15) is 14.4 Å². The number of hydrogen-bond donors (Lipinski definition) is 0. The highest BCUT2D eigenvalue weighted by atomic mass is 16.6. The molecule has 0 heterocycles. The second-order valence-corrected chi connectivity index (χ2v) is 15.3. The van der Waals surface area contributed by atoms with Gasteiger partial charge in [0.15, 0.2) is 6.10 Å². The van der Waals surface area contributed by atoms with Crippen molar-refractivity contribution in [1.82, 2.24) is 0 Å². The maximum Gasteiger partial charge on any atom is 0.306 e. The summed E-state index contributed by atoms with van der Waals surface area (Å²) >= 11 is 0. The van der Waals surface area contributed by atoms with Crippen LogP contribution in [-0.4, -0.2) is 37.2 Å². The summed E-state index contributed by atoms with van der Waals surface area (Å²) in [7, 11) is 0. The van der Waals surface area contributed by atoms with Crippen LogP contribution in [0.25, 0.3) is 0 Å². The first kappa shape index (κ1) is 52.4. The van der Waals surface area contributed by atoms with E-state index in [0.29, 0.717) is 19.3 Å². The average Bonchev–Trinajstić information content (AvgIpc) is 3.18. The van der Waals surface area contributed by atoms with Crippen LogP contribution in [0, 0.1) is 0 Å². The smallest absolute Gasteiger partial charge is 0.306 e. The van der Waals surface area contributed by atoms with Crippen LogP contribution in [0.3, 0.4) is 0 Å². The number of carbonyl (C=O) groups excluding carboxylic acids is 3. The van der Waals surface area contributed by atoms with Crippen LogP contribution in [-0.2, 0) is 28.6 Å². The molecule has 0 saturated carbocycles. The number of ether oxygens (including phenoxy) is 3. The second kappa shape index (κ2) is 44.1. The molecule has 0 fully saturated rings. The molecule has 0 aliphatic carbocycles. The van der Waals surface area contributed by atoms with Gasteiger partial charge in [0.05, 0.1) is 0 Å². The molecular weight excluding hydrogens is 685 g/mol. The van der Waals surface area contributed by atoms with Crippen molar-refractivity contribution >= 4 is 17.9 Å². The Bertz CT molecular complexity index is 980. The van der Waals surface area contributed by atoms with Crippen LogP contribution >= 0.6 is 0 Å². The quantitative estimate of drug-likeness (QED) is 0.0267. The van der Waals surface area contributed by atoms with Gasteiger partial charge in [-0.1, -0.05) is 198 Å². The molecular formula is C49H86O6. The third-order valence-corrected chi connectivity index (χ3v) is 9.85. The van der Waals surface area contributed by atoms with E-state index < -0.39 is 6.10 Å². The molecule has 0 aliphatic rings. The van der Waals surface area contributed by atoms with Crippen molar-refractivity contribution in [3.05, 3.63) is 48.6 Å². The van der Waals surface area contributed by atoms with E-state index >= 15 is 0 Å².